The van der Waals surface area contributed by atoms with E-state index in [1.165, 1.54) is 25.7 Å². The molecule has 0 saturated heterocycles. The van der Waals surface area contributed by atoms with Crippen LogP contribution >= 0.6 is 0 Å². The third kappa shape index (κ3) is 5.27. The van der Waals surface area contributed by atoms with Crippen LogP contribution in [0.2, 0.25) is 0 Å². The molecule has 1 aliphatic carbocycles. The Morgan fingerprint density at radius 2 is 1.83 bits per heavy atom. The van der Waals surface area contributed by atoms with Crippen LogP contribution in [0, 0.1) is 11.3 Å². The van der Waals surface area contributed by atoms with Crippen LogP contribution < -0.4 is 5.32 Å². The van der Waals surface area contributed by atoms with Crippen molar-refractivity contribution in [3.63, 3.8) is 0 Å². The van der Waals surface area contributed by atoms with Crippen molar-refractivity contribution in [2.45, 2.75) is 84.8 Å². The predicted octanol–water partition coefficient (Wildman–Crippen LogP) is 3.73. The first-order valence-electron chi connectivity index (χ1n) is 7.69. The molecule has 2 N–H and O–H groups in total. The van der Waals surface area contributed by atoms with Crippen molar-refractivity contribution in [2.75, 3.05) is 6.54 Å². The Hall–Kier alpha value is -0.0800. The molecular formula is C16H33NO. The molecule has 0 aromatic rings. The Morgan fingerprint density at radius 3 is 2.28 bits per heavy atom. The highest BCUT2D eigenvalue weighted by molar-refractivity contribution is 4.90. The quantitative estimate of drug-likeness (QED) is 0.784. The third-order valence-electron chi connectivity index (χ3n) is 4.49. The number of aliphatic hydroxyl groups is 1. The van der Waals surface area contributed by atoms with E-state index in [1.807, 2.05) is 0 Å². The van der Waals surface area contributed by atoms with Crippen LogP contribution in [-0.2, 0) is 0 Å². The highest BCUT2D eigenvalue weighted by Gasteiger charge is 2.36. The van der Waals surface area contributed by atoms with Crippen molar-refractivity contribution < 1.29 is 5.11 Å². The molecule has 18 heavy (non-hydrogen) atoms. The summed E-state index contributed by atoms with van der Waals surface area (Å²) >= 11 is 0. The summed E-state index contributed by atoms with van der Waals surface area (Å²) in [4.78, 5) is 0. The van der Waals surface area contributed by atoms with Crippen molar-refractivity contribution in [3.05, 3.63) is 0 Å². The van der Waals surface area contributed by atoms with Crippen molar-refractivity contribution in [1.82, 2.24) is 5.32 Å². The third-order valence-corrected chi connectivity index (χ3v) is 4.49. The van der Waals surface area contributed by atoms with E-state index >= 15 is 0 Å². The zero-order valence-corrected chi connectivity index (χ0v) is 13.1. The first kappa shape index (κ1) is 16.0. The van der Waals surface area contributed by atoms with Gasteiger partial charge in [-0.15, -0.1) is 0 Å². The summed E-state index contributed by atoms with van der Waals surface area (Å²) in [5.41, 5.74) is 0.612. The van der Waals surface area contributed by atoms with Crippen LogP contribution in [0.5, 0.6) is 0 Å². The Balaban J connectivity index is 2.62. The van der Waals surface area contributed by atoms with Crippen LogP contribution in [0.15, 0.2) is 0 Å². The summed E-state index contributed by atoms with van der Waals surface area (Å²) < 4.78 is 0. The smallest absolute Gasteiger partial charge is 0.0540 e. The van der Waals surface area contributed by atoms with Crippen LogP contribution in [0.1, 0.15) is 73.1 Å². The molecule has 2 nitrogen and oxygen atoms in total. The number of hydrogen-bond acceptors (Lipinski definition) is 2. The number of hydrogen-bond donors (Lipinski definition) is 2. The molecule has 0 aromatic heterocycles. The van der Waals surface area contributed by atoms with Gasteiger partial charge in [-0.1, -0.05) is 20.3 Å². The first-order valence-corrected chi connectivity index (χ1v) is 7.69. The van der Waals surface area contributed by atoms with Gasteiger partial charge in [0.2, 0.25) is 0 Å². The van der Waals surface area contributed by atoms with Gasteiger partial charge in [-0.05, 0) is 64.2 Å². The van der Waals surface area contributed by atoms with Crippen molar-refractivity contribution >= 4 is 0 Å². The minimum absolute atomic E-state index is 0.0512. The highest BCUT2D eigenvalue weighted by Crippen LogP contribution is 2.42. The lowest BCUT2D eigenvalue weighted by Gasteiger charge is -2.42. The second kappa shape index (κ2) is 6.38. The molecule has 2 heteroatoms. The van der Waals surface area contributed by atoms with E-state index in [2.05, 4.69) is 39.9 Å². The van der Waals surface area contributed by atoms with E-state index in [0.717, 1.165) is 25.3 Å². The van der Waals surface area contributed by atoms with E-state index in [-0.39, 0.29) is 11.6 Å². The summed E-state index contributed by atoms with van der Waals surface area (Å²) in [6.45, 7) is 12.5. The molecule has 1 unspecified atom stereocenters. The molecule has 0 spiro atoms. The highest BCUT2D eigenvalue weighted by atomic mass is 16.3. The second-order valence-electron chi connectivity index (χ2n) is 7.55. The lowest BCUT2D eigenvalue weighted by Crippen LogP contribution is -2.46. The standard InChI is InChI=1S/C16H33NO/c1-6-13(2)11-16(12-17-15(3,4)5)9-7-14(18)8-10-16/h13-14,17-18H,6-12H2,1-5H3. The van der Waals surface area contributed by atoms with Crippen LogP contribution in [0.4, 0.5) is 0 Å². The van der Waals surface area contributed by atoms with Crippen molar-refractivity contribution in [1.29, 1.82) is 0 Å². The number of aliphatic hydroxyl groups excluding tert-OH is 1. The molecule has 0 aliphatic heterocycles. The van der Waals surface area contributed by atoms with E-state index in [0.29, 0.717) is 5.41 Å². The minimum atomic E-state index is -0.0512. The number of rotatable bonds is 5. The second-order valence-corrected chi connectivity index (χ2v) is 7.55. The molecule has 1 aliphatic rings. The minimum Gasteiger partial charge on any atom is -0.393 e. The van der Waals surface area contributed by atoms with Crippen molar-refractivity contribution in [3.8, 4) is 0 Å². The monoisotopic (exact) mass is 255 g/mol. The molecule has 0 bridgehead atoms. The van der Waals surface area contributed by atoms with Crippen LogP contribution in [-0.4, -0.2) is 23.3 Å². The SMILES string of the molecule is CCC(C)CC1(CNC(C)(C)C)CCC(O)CC1. The maximum atomic E-state index is 9.74. The largest absolute Gasteiger partial charge is 0.393 e. The van der Waals surface area contributed by atoms with Crippen LogP contribution in [0.25, 0.3) is 0 Å². The van der Waals surface area contributed by atoms with E-state index in [1.54, 1.807) is 0 Å². The average Bonchev–Trinajstić information content (AvgIpc) is 2.29. The topological polar surface area (TPSA) is 32.3 Å². The van der Waals surface area contributed by atoms with Crippen molar-refractivity contribution in [2.24, 2.45) is 11.3 Å². The summed E-state index contributed by atoms with van der Waals surface area (Å²) in [5.74, 6) is 0.794. The predicted molar refractivity (Wildman–Crippen MR) is 78.7 cm³/mol. The van der Waals surface area contributed by atoms with Gasteiger partial charge in [-0.2, -0.15) is 0 Å². The molecule has 0 amide bonds. The fourth-order valence-electron chi connectivity index (χ4n) is 3.00. The normalized spacial score (nSPS) is 31.3. The van der Waals surface area contributed by atoms with Gasteiger partial charge >= 0.3 is 0 Å². The summed E-state index contributed by atoms with van der Waals surface area (Å²) in [6.07, 6.45) is 6.86. The van der Waals surface area contributed by atoms with Gasteiger partial charge in [-0.25, -0.2) is 0 Å². The molecule has 1 saturated carbocycles. The molecule has 1 rings (SSSR count). The fourth-order valence-corrected chi connectivity index (χ4v) is 3.00. The Morgan fingerprint density at radius 1 is 1.28 bits per heavy atom. The lowest BCUT2D eigenvalue weighted by molar-refractivity contribution is 0.0444. The van der Waals surface area contributed by atoms with Gasteiger partial charge < -0.3 is 10.4 Å². The van der Waals surface area contributed by atoms with Gasteiger partial charge in [0.1, 0.15) is 0 Å². The molecule has 1 atom stereocenters. The van der Waals surface area contributed by atoms with Gasteiger partial charge in [0.15, 0.2) is 0 Å². The Kier molecular flexibility index (Phi) is 5.67. The number of nitrogens with one attached hydrogen (secondary N) is 1. The summed E-state index contributed by atoms with van der Waals surface area (Å²) in [5, 5.41) is 13.4. The van der Waals surface area contributed by atoms with E-state index in [4.69, 9.17) is 0 Å². The molecule has 108 valence electrons. The lowest BCUT2D eigenvalue weighted by atomic mass is 9.68. The fraction of sp³-hybridized carbons (Fsp3) is 1.00. The zero-order chi connectivity index (χ0) is 13.8. The molecule has 0 heterocycles. The molecule has 0 radical (unpaired) electrons. The molecule has 0 aromatic carbocycles. The van der Waals surface area contributed by atoms with Gasteiger partial charge in [0.05, 0.1) is 6.10 Å². The summed E-state index contributed by atoms with van der Waals surface area (Å²) in [7, 11) is 0. The maximum absolute atomic E-state index is 9.74. The zero-order valence-electron chi connectivity index (χ0n) is 13.1. The van der Waals surface area contributed by atoms with Gasteiger partial charge in [-0.3, -0.25) is 0 Å². The molecular weight excluding hydrogens is 222 g/mol. The van der Waals surface area contributed by atoms with E-state index in [9.17, 15) is 5.11 Å². The molecule has 1 fully saturated rings. The van der Waals surface area contributed by atoms with Gasteiger partial charge in [0, 0.05) is 12.1 Å². The Bertz CT molecular complexity index is 236. The average molecular weight is 255 g/mol. The summed E-state index contributed by atoms with van der Waals surface area (Å²) in [6, 6.07) is 0. The maximum Gasteiger partial charge on any atom is 0.0540 e. The Labute approximate surface area is 114 Å². The van der Waals surface area contributed by atoms with Gasteiger partial charge in [0.25, 0.3) is 0 Å². The van der Waals surface area contributed by atoms with E-state index < -0.39 is 0 Å². The van der Waals surface area contributed by atoms with Crippen LogP contribution in [0.3, 0.4) is 0 Å². The first-order chi connectivity index (χ1) is 8.26.